The van der Waals surface area contributed by atoms with Crippen molar-refractivity contribution in [3.05, 3.63) is 124 Å². The van der Waals surface area contributed by atoms with Gasteiger partial charge in [-0.2, -0.15) is 10.2 Å². The first-order valence-electron chi connectivity index (χ1n) is 16.4. The molecule has 0 spiro atoms. The number of benzene rings is 3. The molecule has 9 nitrogen and oxygen atoms in total. The minimum Gasteiger partial charge on any atom is -0.492 e. The first kappa shape index (κ1) is 34.6. The molecular weight excluding hydrogens is 659 g/mol. The molecule has 254 valence electrons. The number of nitrogens with zero attached hydrogens (tertiary/aromatic N) is 5. The van der Waals surface area contributed by atoms with Gasteiger partial charge in [-0.3, -0.25) is 9.97 Å². The highest BCUT2D eigenvalue weighted by molar-refractivity contribution is 6.35. The van der Waals surface area contributed by atoms with Crippen LogP contribution in [0.3, 0.4) is 0 Å². The minimum atomic E-state index is 0.245. The molecule has 0 radical (unpaired) electrons. The van der Waals surface area contributed by atoms with E-state index in [1.807, 2.05) is 48.5 Å². The van der Waals surface area contributed by atoms with E-state index >= 15 is 0 Å². The van der Waals surface area contributed by atoms with E-state index in [9.17, 15) is 0 Å². The van der Waals surface area contributed by atoms with Gasteiger partial charge < -0.3 is 24.4 Å². The molecule has 2 aromatic heterocycles. The largest absolute Gasteiger partial charge is 0.492 e. The van der Waals surface area contributed by atoms with Gasteiger partial charge in [0.25, 0.3) is 0 Å². The lowest BCUT2D eigenvalue weighted by Crippen LogP contribution is -2.34. The molecule has 0 bridgehead atoms. The molecule has 5 aromatic rings. The molecule has 0 saturated carbocycles. The number of piperidine rings is 1. The molecule has 1 unspecified atom stereocenters. The number of aromatic nitrogens is 4. The van der Waals surface area contributed by atoms with Gasteiger partial charge in [-0.1, -0.05) is 53.5 Å². The molecule has 3 heterocycles. The average molecular weight is 700 g/mol. The van der Waals surface area contributed by atoms with Gasteiger partial charge in [0.2, 0.25) is 0 Å². The second kappa shape index (κ2) is 16.9. The summed E-state index contributed by atoms with van der Waals surface area (Å²) in [6, 6.07) is 19.6. The fourth-order valence-electron chi connectivity index (χ4n) is 6.00. The van der Waals surface area contributed by atoms with Crippen molar-refractivity contribution in [3.8, 4) is 28.4 Å². The van der Waals surface area contributed by atoms with E-state index in [1.165, 1.54) is 12.8 Å². The van der Waals surface area contributed by atoms with Crippen LogP contribution in [-0.2, 0) is 26.3 Å². The predicted octanol–water partition coefficient (Wildman–Crippen LogP) is 7.72. The number of hydrogen-bond acceptors (Lipinski definition) is 9. The van der Waals surface area contributed by atoms with Crippen LogP contribution in [0.5, 0.6) is 17.2 Å². The molecule has 1 atom stereocenters. The van der Waals surface area contributed by atoms with Crippen LogP contribution in [0.25, 0.3) is 11.1 Å². The van der Waals surface area contributed by atoms with Gasteiger partial charge in [0.15, 0.2) is 0 Å². The molecule has 49 heavy (non-hydrogen) atoms. The fourth-order valence-corrected chi connectivity index (χ4v) is 6.53. The maximum atomic E-state index is 6.97. The van der Waals surface area contributed by atoms with Crippen molar-refractivity contribution < 1.29 is 14.2 Å². The Morgan fingerprint density at radius 1 is 0.837 bits per heavy atom. The van der Waals surface area contributed by atoms with E-state index in [2.05, 4.69) is 56.5 Å². The van der Waals surface area contributed by atoms with Crippen LogP contribution >= 0.6 is 23.2 Å². The normalized spacial score (nSPS) is 14.8. The van der Waals surface area contributed by atoms with Crippen LogP contribution in [0.15, 0.2) is 85.5 Å². The van der Waals surface area contributed by atoms with Crippen molar-refractivity contribution in [2.24, 2.45) is 5.92 Å². The predicted molar refractivity (Wildman–Crippen MR) is 192 cm³/mol. The van der Waals surface area contributed by atoms with Crippen molar-refractivity contribution in [1.29, 1.82) is 0 Å². The Morgan fingerprint density at radius 2 is 1.69 bits per heavy atom. The topological polar surface area (TPSA) is 94.5 Å². The van der Waals surface area contributed by atoms with E-state index in [1.54, 1.807) is 24.8 Å². The fraction of sp³-hybridized carbons (Fsp3) is 0.316. The Kier molecular flexibility index (Phi) is 11.9. The second-order valence-electron chi connectivity index (χ2n) is 12.3. The lowest BCUT2D eigenvalue weighted by molar-refractivity contribution is 0.150. The molecule has 3 aromatic carbocycles. The van der Waals surface area contributed by atoms with Crippen LogP contribution in [0.4, 0.5) is 0 Å². The van der Waals surface area contributed by atoms with Crippen LogP contribution in [-0.4, -0.2) is 51.8 Å². The summed E-state index contributed by atoms with van der Waals surface area (Å²) in [6.07, 6.45) is 8.97. The SMILES string of the molecule is Cc1c(COc2cc(OCc3cnccn3)c(CNCc3cccnn3)cc2Cl)cccc1-c1cccc(OCC2CCCN(C)C2)c1Cl. The minimum absolute atomic E-state index is 0.245. The summed E-state index contributed by atoms with van der Waals surface area (Å²) in [5, 5.41) is 12.6. The molecule has 1 N–H and O–H groups in total. The van der Waals surface area contributed by atoms with E-state index in [0.717, 1.165) is 46.6 Å². The monoisotopic (exact) mass is 698 g/mol. The van der Waals surface area contributed by atoms with E-state index in [0.29, 0.717) is 65.2 Å². The van der Waals surface area contributed by atoms with Gasteiger partial charge in [0, 0.05) is 61.3 Å². The molecule has 6 rings (SSSR count). The Morgan fingerprint density at radius 3 is 2.51 bits per heavy atom. The standard InChI is InChI=1S/C38H40Cl2N6O3/c1-26-28(8-3-10-32(26)33-11-4-12-35(38(33)40)47-23-27-7-6-16-46(2)22-27)24-48-37-18-36(49-25-31-21-41-14-15-43-31)29(17-34(37)39)19-42-20-30-9-5-13-44-45-30/h3-5,8-15,17-18,21,27,42H,6-7,16,19-20,22-25H2,1-2H3. The van der Waals surface area contributed by atoms with Crippen molar-refractivity contribution in [1.82, 2.24) is 30.4 Å². The summed E-state index contributed by atoms with van der Waals surface area (Å²) in [5.41, 5.74) is 6.44. The van der Waals surface area contributed by atoms with Crippen molar-refractivity contribution in [3.63, 3.8) is 0 Å². The third-order valence-corrected chi connectivity index (χ3v) is 9.32. The van der Waals surface area contributed by atoms with Gasteiger partial charge in [0.1, 0.15) is 30.5 Å². The van der Waals surface area contributed by atoms with Gasteiger partial charge in [-0.25, -0.2) is 0 Å². The lowest BCUT2D eigenvalue weighted by Gasteiger charge is -2.29. The lowest BCUT2D eigenvalue weighted by atomic mass is 9.96. The number of rotatable bonds is 14. The Bertz CT molecular complexity index is 1830. The molecule has 1 fully saturated rings. The third kappa shape index (κ3) is 9.25. The van der Waals surface area contributed by atoms with Crippen molar-refractivity contribution in [2.45, 2.75) is 46.1 Å². The molecule has 0 aliphatic carbocycles. The summed E-state index contributed by atoms with van der Waals surface area (Å²) in [7, 11) is 2.17. The smallest absolute Gasteiger partial charge is 0.142 e. The molecular formula is C38H40Cl2N6O3. The Labute approximate surface area is 297 Å². The van der Waals surface area contributed by atoms with Crippen molar-refractivity contribution >= 4 is 23.2 Å². The maximum Gasteiger partial charge on any atom is 0.142 e. The maximum absolute atomic E-state index is 6.97. The molecule has 11 heteroatoms. The number of nitrogens with one attached hydrogen (secondary N) is 1. The van der Waals surface area contributed by atoms with Gasteiger partial charge in [-0.15, -0.1) is 0 Å². The highest BCUT2D eigenvalue weighted by Gasteiger charge is 2.20. The summed E-state index contributed by atoms with van der Waals surface area (Å²) >= 11 is 13.8. The zero-order chi connectivity index (χ0) is 34.0. The third-order valence-electron chi connectivity index (χ3n) is 8.64. The molecule has 1 aliphatic rings. The van der Waals surface area contributed by atoms with Crippen LogP contribution in [0.1, 0.15) is 40.9 Å². The highest BCUT2D eigenvalue weighted by atomic mass is 35.5. The van der Waals surface area contributed by atoms with Gasteiger partial charge >= 0.3 is 0 Å². The van der Waals surface area contributed by atoms with E-state index in [4.69, 9.17) is 37.4 Å². The number of ether oxygens (including phenoxy) is 3. The zero-order valence-electron chi connectivity index (χ0n) is 27.7. The first-order valence-corrected chi connectivity index (χ1v) is 17.2. The summed E-state index contributed by atoms with van der Waals surface area (Å²) in [6.45, 7) is 6.51. The van der Waals surface area contributed by atoms with Crippen LogP contribution < -0.4 is 19.5 Å². The second-order valence-corrected chi connectivity index (χ2v) is 13.1. The van der Waals surface area contributed by atoms with Crippen LogP contribution in [0, 0.1) is 12.8 Å². The van der Waals surface area contributed by atoms with E-state index in [-0.39, 0.29) is 6.61 Å². The Balaban J connectivity index is 1.17. The quantitative estimate of drug-likeness (QED) is 0.125. The summed E-state index contributed by atoms with van der Waals surface area (Å²) in [4.78, 5) is 10.8. The summed E-state index contributed by atoms with van der Waals surface area (Å²) in [5.74, 6) is 2.35. The van der Waals surface area contributed by atoms with E-state index < -0.39 is 0 Å². The van der Waals surface area contributed by atoms with Gasteiger partial charge in [-0.05, 0) is 74.3 Å². The molecule has 1 aliphatic heterocycles. The number of likely N-dealkylation sites (tertiary alicyclic amines) is 1. The number of hydrogen-bond donors (Lipinski definition) is 1. The highest BCUT2D eigenvalue weighted by Crippen LogP contribution is 2.39. The van der Waals surface area contributed by atoms with Gasteiger partial charge in [0.05, 0.1) is 34.2 Å². The molecule has 1 saturated heterocycles. The van der Waals surface area contributed by atoms with Crippen LogP contribution in [0.2, 0.25) is 10.0 Å². The zero-order valence-corrected chi connectivity index (χ0v) is 29.3. The first-order chi connectivity index (χ1) is 23.9. The summed E-state index contributed by atoms with van der Waals surface area (Å²) < 4.78 is 18.8. The average Bonchev–Trinajstić information content (AvgIpc) is 3.12. The van der Waals surface area contributed by atoms with Crippen molar-refractivity contribution in [2.75, 3.05) is 26.7 Å². The molecule has 0 amide bonds. The number of halogens is 2. The Hall–Kier alpha value is -4.28.